The third-order valence-corrected chi connectivity index (χ3v) is 5.25. The number of alkyl halides is 3. The molecule has 0 aromatic carbocycles. The van der Waals surface area contributed by atoms with Gasteiger partial charge in [-0.3, -0.25) is 9.58 Å². The molecule has 1 N–H and O–H groups in total. The van der Waals surface area contributed by atoms with Crippen LogP contribution in [0.2, 0.25) is 0 Å². The van der Waals surface area contributed by atoms with Gasteiger partial charge in [0.1, 0.15) is 5.01 Å². The van der Waals surface area contributed by atoms with Crippen molar-refractivity contribution in [2.45, 2.75) is 37.7 Å². The van der Waals surface area contributed by atoms with Gasteiger partial charge in [-0.15, -0.1) is 11.3 Å². The lowest BCUT2D eigenvalue weighted by Gasteiger charge is -2.27. The minimum atomic E-state index is -5.08. The molecule has 2 atom stereocenters. The molecule has 30 heavy (non-hydrogen) atoms. The van der Waals surface area contributed by atoms with E-state index >= 15 is 0 Å². The Morgan fingerprint density at radius 2 is 2.13 bits per heavy atom. The van der Waals surface area contributed by atoms with E-state index in [9.17, 15) is 13.2 Å². The first-order chi connectivity index (χ1) is 14.2. The molecule has 2 aromatic heterocycles. The molecule has 0 amide bonds. The van der Waals surface area contributed by atoms with Gasteiger partial charge in [-0.25, -0.2) is 9.78 Å². The number of hydrogen-bond acceptors (Lipinski definition) is 7. The number of hydrogen-bond donors (Lipinski definition) is 1. The fourth-order valence-corrected chi connectivity index (χ4v) is 3.78. The summed E-state index contributed by atoms with van der Waals surface area (Å²) in [5, 5.41) is 14.6. The lowest BCUT2D eigenvalue weighted by atomic mass is 10.0. The number of methoxy groups -OCH3 is 1. The van der Waals surface area contributed by atoms with Crippen molar-refractivity contribution < 1.29 is 32.5 Å². The Hall–Kier alpha value is -2.02. The van der Waals surface area contributed by atoms with Gasteiger partial charge in [-0.05, 0) is 18.4 Å². The number of thiazole rings is 1. The van der Waals surface area contributed by atoms with Crippen LogP contribution in [-0.2, 0) is 34.3 Å². The van der Waals surface area contributed by atoms with E-state index in [1.165, 1.54) is 10.6 Å². The molecule has 0 spiro atoms. The van der Waals surface area contributed by atoms with Crippen molar-refractivity contribution in [2.75, 3.05) is 26.9 Å². The Balaban J connectivity index is 0.000000396. The molecule has 1 aliphatic rings. The molecule has 168 valence electrons. The first-order valence-corrected chi connectivity index (χ1v) is 10.1. The van der Waals surface area contributed by atoms with Crippen LogP contribution in [0.3, 0.4) is 0 Å². The zero-order valence-corrected chi connectivity index (χ0v) is 17.5. The summed E-state index contributed by atoms with van der Waals surface area (Å²) in [6.45, 7) is 3.23. The molecule has 0 unspecified atom stereocenters. The predicted molar refractivity (Wildman–Crippen MR) is 103 cm³/mol. The van der Waals surface area contributed by atoms with Gasteiger partial charge in [0, 0.05) is 44.5 Å². The fraction of sp³-hybridized carbons (Fsp3) is 0.611. The standard InChI is InChI=1S/C16H24N4O2S.C2HF3O2/c1-19-11-13(10-18-19)9-14-15(22-7-6-21-2)3-5-20(14)12-16-17-4-8-23-16;3-2(4,5)1(6)7/h4,8,10-11,14-15H,3,5-7,9,12H2,1-2H3;(H,6,7)/t14-,15-;/m0./s1. The van der Waals surface area contributed by atoms with Gasteiger partial charge in [0.15, 0.2) is 0 Å². The minimum absolute atomic E-state index is 0.241. The number of ether oxygens (including phenoxy) is 2. The van der Waals surface area contributed by atoms with E-state index < -0.39 is 12.1 Å². The number of aryl methyl sites for hydroxylation is 1. The summed E-state index contributed by atoms with van der Waals surface area (Å²) < 4.78 is 44.8. The number of likely N-dealkylation sites (tertiary alicyclic amines) is 1. The maximum atomic E-state index is 10.6. The van der Waals surface area contributed by atoms with E-state index in [1.54, 1.807) is 18.4 Å². The summed E-state index contributed by atoms with van der Waals surface area (Å²) in [5.41, 5.74) is 1.25. The third-order valence-electron chi connectivity index (χ3n) is 4.49. The van der Waals surface area contributed by atoms with Gasteiger partial charge in [0.05, 0.1) is 32.1 Å². The summed E-state index contributed by atoms with van der Waals surface area (Å²) in [7, 11) is 3.66. The number of carboxylic acid groups (broad SMARTS) is 1. The predicted octanol–water partition coefficient (Wildman–Crippen LogP) is 2.36. The Kier molecular flexibility index (Phi) is 9.21. The summed E-state index contributed by atoms with van der Waals surface area (Å²) in [6, 6.07) is 0.361. The van der Waals surface area contributed by atoms with Gasteiger partial charge in [0.2, 0.25) is 0 Å². The van der Waals surface area contributed by atoms with E-state index in [-0.39, 0.29) is 6.10 Å². The van der Waals surface area contributed by atoms with Crippen molar-refractivity contribution in [1.82, 2.24) is 19.7 Å². The number of carboxylic acids is 1. The minimum Gasteiger partial charge on any atom is -0.475 e. The van der Waals surface area contributed by atoms with E-state index in [1.807, 2.05) is 29.5 Å². The van der Waals surface area contributed by atoms with Gasteiger partial charge in [-0.2, -0.15) is 18.3 Å². The number of rotatable bonds is 8. The van der Waals surface area contributed by atoms with Crippen LogP contribution >= 0.6 is 11.3 Å². The molecule has 8 nitrogen and oxygen atoms in total. The van der Waals surface area contributed by atoms with Crippen LogP contribution < -0.4 is 0 Å². The normalized spacial score (nSPS) is 19.5. The molecular weight excluding hydrogens is 425 g/mol. The average Bonchev–Trinajstić information content (AvgIpc) is 3.40. The first kappa shape index (κ1) is 24.3. The monoisotopic (exact) mass is 450 g/mol. The highest BCUT2D eigenvalue weighted by atomic mass is 32.1. The smallest absolute Gasteiger partial charge is 0.475 e. The molecule has 0 bridgehead atoms. The summed E-state index contributed by atoms with van der Waals surface area (Å²) in [5.74, 6) is -2.76. The highest BCUT2D eigenvalue weighted by molar-refractivity contribution is 7.09. The van der Waals surface area contributed by atoms with Gasteiger partial charge in [-0.1, -0.05) is 0 Å². The van der Waals surface area contributed by atoms with Gasteiger partial charge < -0.3 is 14.6 Å². The summed E-state index contributed by atoms with van der Waals surface area (Å²) in [4.78, 5) is 15.8. The van der Waals surface area contributed by atoms with E-state index in [0.717, 1.165) is 25.9 Å². The average molecular weight is 450 g/mol. The Morgan fingerprint density at radius 1 is 1.40 bits per heavy atom. The van der Waals surface area contributed by atoms with E-state index in [0.29, 0.717) is 19.3 Å². The van der Waals surface area contributed by atoms with Crippen molar-refractivity contribution in [3.63, 3.8) is 0 Å². The Bertz CT molecular complexity index is 770. The van der Waals surface area contributed by atoms with Crippen molar-refractivity contribution in [3.8, 4) is 0 Å². The molecule has 12 heteroatoms. The number of aliphatic carboxylic acids is 1. The van der Waals surface area contributed by atoms with Crippen LogP contribution in [0.4, 0.5) is 13.2 Å². The zero-order chi connectivity index (χ0) is 22.1. The number of carbonyl (C=O) groups is 1. The highest BCUT2D eigenvalue weighted by Crippen LogP contribution is 2.26. The molecule has 1 fully saturated rings. The van der Waals surface area contributed by atoms with Crippen molar-refractivity contribution in [1.29, 1.82) is 0 Å². The molecule has 1 aliphatic heterocycles. The molecule has 2 aromatic rings. The van der Waals surface area contributed by atoms with E-state index in [2.05, 4.69) is 21.2 Å². The van der Waals surface area contributed by atoms with Crippen LogP contribution in [0.5, 0.6) is 0 Å². The van der Waals surface area contributed by atoms with Crippen molar-refractivity contribution in [3.05, 3.63) is 34.5 Å². The fourth-order valence-electron chi connectivity index (χ4n) is 3.14. The number of halogens is 3. The van der Waals surface area contributed by atoms with Gasteiger partial charge >= 0.3 is 12.1 Å². The Labute approximate surface area is 176 Å². The molecule has 0 aliphatic carbocycles. The Morgan fingerprint density at radius 3 is 2.67 bits per heavy atom. The van der Waals surface area contributed by atoms with Crippen molar-refractivity contribution in [2.24, 2.45) is 7.05 Å². The summed E-state index contributed by atoms with van der Waals surface area (Å²) in [6.07, 6.45) is 3.08. The molecule has 1 saturated heterocycles. The lowest BCUT2D eigenvalue weighted by Crippen LogP contribution is -2.38. The second-order valence-electron chi connectivity index (χ2n) is 6.68. The molecule has 3 heterocycles. The quantitative estimate of drug-likeness (QED) is 0.618. The van der Waals surface area contributed by atoms with E-state index in [4.69, 9.17) is 19.4 Å². The lowest BCUT2D eigenvalue weighted by molar-refractivity contribution is -0.192. The molecule has 3 rings (SSSR count). The zero-order valence-electron chi connectivity index (χ0n) is 16.7. The third kappa shape index (κ3) is 7.67. The molecule has 0 radical (unpaired) electrons. The molecule has 0 saturated carbocycles. The van der Waals surface area contributed by atoms with Crippen molar-refractivity contribution >= 4 is 17.3 Å². The largest absolute Gasteiger partial charge is 0.490 e. The second-order valence-corrected chi connectivity index (χ2v) is 7.66. The van der Waals surface area contributed by atoms with Crippen LogP contribution in [0, 0.1) is 0 Å². The van der Waals surface area contributed by atoms with Crippen LogP contribution in [0.15, 0.2) is 24.0 Å². The summed E-state index contributed by atoms with van der Waals surface area (Å²) >= 11 is 1.71. The number of aromatic nitrogens is 3. The SMILES string of the molecule is COCCO[C@H]1CCN(Cc2nccs2)[C@H]1Cc1cnn(C)c1.O=C(O)C(F)(F)F. The van der Waals surface area contributed by atoms with Crippen LogP contribution in [0.1, 0.15) is 17.0 Å². The highest BCUT2D eigenvalue weighted by Gasteiger charge is 2.38. The maximum Gasteiger partial charge on any atom is 0.490 e. The molecular formula is C18H25F3N4O4S. The maximum absolute atomic E-state index is 10.6. The van der Waals surface area contributed by atoms with Crippen LogP contribution in [0.25, 0.3) is 0 Å². The second kappa shape index (κ2) is 11.4. The first-order valence-electron chi connectivity index (χ1n) is 9.21. The topological polar surface area (TPSA) is 89.7 Å². The number of nitrogens with zero attached hydrogens (tertiary/aromatic N) is 4. The van der Waals surface area contributed by atoms with Crippen LogP contribution in [-0.4, -0.2) is 75.9 Å². The van der Waals surface area contributed by atoms with Gasteiger partial charge in [0.25, 0.3) is 0 Å².